The molecule has 0 fully saturated rings. The summed E-state index contributed by atoms with van der Waals surface area (Å²) >= 11 is 14.4. The fourth-order valence-corrected chi connectivity index (χ4v) is 1.95. The zero-order chi connectivity index (χ0) is 8.43. The second kappa shape index (κ2) is 3.40. The first-order valence-electron chi connectivity index (χ1n) is 2.65. The molecule has 1 rings (SSSR count). The van der Waals surface area contributed by atoms with E-state index in [2.05, 4.69) is 20.9 Å². The van der Waals surface area contributed by atoms with Gasteiger partial charge in [0.2, 0.25) is 5.39 Å². The minimum atomic E-state index is 0.288. The third-order valence-electron chi connectivity index (χ3n) is 1.08. The molecule has 11 heavy (non-hydrogen) atoms. The molecular formula is C6H2BrCl2N2+. The van der Waals surface area contributed by atoms with Gasteiger partial charge in [-0.25, -0.2) is 0 Å². The van der Waals surface area contributed by atoms with Gasteiger partial charge in [-0.15, -0.1) is 0 Å². The van der Waals surface area contributed by atoms with E-state index in [0.717, 1.165) is 0 Å². The van der Waals surface area contributed by atoms with Gasteiger partial charge in [0, 0.05) is 5.02 Å². The normalized spacial score (nSPS) is 9.27. The lowest BCUT2D eigenvalue weighted by atomic mass is 10.3. The lowest BCUT2D eigenvalue weighted by Crippen LogP contribution is -1.70. The Hall–Kier alpha value is -0.300. The summed E-state index contributed by atoms with van der Waals surface area (Å²) < 4.78 is 0.567. The molecule has 0 radical (unpaired) electrons. The van der Waals surface area contributed by atoms with E-state index >= 15 is 0 Å². The number of halogens is 3. The number of hydrogen-bond acceptors (Lipinski definition) is 1. The van der Waals surface area contributed by atoms with Gasteiger partial charge in [-0.1, -0.05) is 23.2 Å². The van der Waals surface area contributed by atoms with Crippen molar-refractivity contribution in [1.29, 1.82) is 5.39 Å². The lowest BCUT2D eigenvalue weighted by molar-refractivity contribution is 1.45. The van der Waals surface area contributed by atoms with E-state index in [1.165, 1.54) is 6.07 Å². The van der Waals surface area contributed by atoms with Crippen LogP contribution in [0.3, 0.4) is 0 Å². The third kappa shape index (κ3) is 1.84. The van der Waals surface area contributed by atoms with Gasteiger partial charge < -0.3 is 0 Å². The fourth-order valence-electron chi connectivity index (χ4n) is 0.630. The largest absolute Gasteiger partial charge is 0.417 e. The summed E-state index contributed by atoms with van der Waals surface area (Å²) in [7, 11) is 0. The first-order valence-corrected chi connectivity index (χ1v) is 4.19. The Labute approximate surface area is 81.9 Å². The number of rotatable bonds is 0. The Bertz CT molecular complexity index is 309. The first kappa shape index (κ1) is 8.79. The van der Waals surface area contributed by atoms with Gasteiger partial charge in [-0.3, -0.25) is 0 Å². The van der Waals surface area contributed by atoms with Crippen molar-refractivity contribution in [3.63, 3.8) is 0 Å². The van der Waals surface area contributed by atoms with Crippen LogP contribution in [-0.2, 0) is 0 Å². The zero-order valence-corrected chi connectivity index (χ0v) is 8.28. The highest BCUT2D eigenvalue weighted by molar-refractivity contribution is 9.10. The summed E-state index contributed by atoms with van der Waals surface area (Å²) in [4.78, 5) is 2.97. The summed E-state index contributed by atoms with van der Waals surface area (Å²) in [5.41, 5.74) is 0.288. The lowest BCUT2D eigenvalue weighted by Gasteiger charge is -1.89. The number of benzene rings is 1. The van der Waals surface area contributed by atoms with Gasteiger partial charge >= 0.3 is 5.69 Å². The van der Waals surface area contributed by atoms with Crippen LogP contribution in [0.4, 0.5) is 5.69 Å². The van der Waals surface area contributed by atoms with E-state index in [-0.39, 0.29) is 5.69 Å². The van der Waals surface area contributed by atoms with Crippen LogP contribution in [0, 0.1) is 5.39 Å². The van der Waals surface area contributed by atoms with Crippen LogP contribution in [0.2, 0.25) is 10.0 Å². The molecule has 56 valence electrons. The molecule has 0 aromatic heterocycles. The van der Waals surface area contributed by atoms with Crippen LogP contribution in [0.25, 0.3) is 4.98 Å². The van der Waals surface area contributed by atoms with Crippen molar-refractivity contribution in [1.82, 2.24) is 0 Å². The fraction of sp³-hybridized carbons (Fsp3) is 0. The molecule has 0 aliphatic heterocycles. The molecule has 2 nitrogen and oxygen atoms in total. The molecule has 0 aliphatic rings. The SMILES string of the molecule is N#[N+]c1c(Cl)cc(Cl)cc1Br. The average molecular weight is 253 g/mol. The van der Waals surface area contributed by atoms with Gasteiger partial charge in [0.05, 0.1) is 0 Å². The van der Waals surface area contributed by atoms with Gasteiger partial charge in [-0.2, -0.15) is 0 Å². The second-order valence-corrected chi connectivity index (χ2v) is 3.52. The first-order chi connectivity index (χ1) is 5.15. The molecule has 0 amide bonds. The molecule has 1 aromatic rings. The van der Waals surface area contributed by atoms with Crippen LogP contribution in [0.1, 0.15) is 0 Å². The van der Waals surface area contributed by atoms with Crippen LogP contribution in [-0.4, -0.2) is 0 Å². The van der Waals surface area contributed by atoms with Crippen LogP contribution in [0.5, 0.6) is 0 Å². The molecule has 0 bridgehead atoms. The molecule has 0 saturated carbocycles. The van der Waals surface area contributed by atoms with Crippen LogP contribution >= 0.6 is 39.1 Å². The zero-order valence-electron chi connectivity index (χ0n) is 5.18. The maximum Gasteiger partial charge on any atom is 0.417 e. The maximum absolute atomic E-state index is 8.46. The summed E-state index contributed by atoms with van der Waals surface area (Å²) in [6, 6.07) is 3.10. The summed E-state index contributed by atoms with van der Waals surface area (Å²) in [5.74, 6) is 0. The van der Waals surface area contributed by atoms with E-state index in [9.17, 15) is 0 Å². The highest BCUT2D eigenvalue weighted by Crippen LogP contribution is 2.35. The van der Waals surface area contributed by atoms with Crippen molar-refractivity contribution in [2.45, 2.75) is 0 Å². The smallest absolute Gasteiger partial charge is 0.0842 e. The van der Waals surface area contributed by atoms with Crippen LogP contribution in [0.15, 0.2) is 16.6 Å². The number of hydrogen-bond donors (Lipinski definition) is 0. The van der Waals surface area contributed by atoms with Gasteiger partial charge in [0.15, 0.2) is 4.98 Å². The third-order valence-corrected chi connectivity index (χ3v) is 2.19. The molecule has 0 saturated heterocycles. The van der Waals surface area contributed by atoms with Crippen molar-refractivity contribution < 1.29 is 0 Å². The Balaban J connectivity index is 3.40. The molecule has 0 N–H and O–H groups in total. The molecule has 0 aliphatic carbocycles. The van der Waals surface area contributed by atoms with Crippen LogP contribution < -0.4 is 0 Å². The van der Waals surface area contributed by atoms with E-state index in [1.54, 1.807) is 6.07 Å². The highest BCUT2D eigenvalue weighted by Gasteiger charge is 2.17. The Morgan fingerprint density at radius 2 is 2.00 bits per heavy atom. The molecule has 1 aromatic carbocycles. The summed E-state index contributed by atoms with van der Waals surface area (Å²) in [5, 5.41) is 9.26. The number of diazo groups is 1. The highest BCUT2D eigenvalue weighted by atomic mass is 79.9. The minimum Gasteiger partial charge on any atom is -0.0842 e. The monoisotopic (exact) mass is 251 g/mol. The van der Waals surface area contributed by atoms with E-state index in [0.29, 0.717) is 14.5 Å². The molecule has 0 spiro atoms. The minimum absolute atomic E-state index is 0.288. The predicted molar refractivity (Wildman–Crippen MR) is 48.9 cm³/mol. The van der Waals surface area contributed by atoms with Crippen molar-refractivity contribution in [2.24, 2.45) is 0 Å². The van der Waals surface area contributed by atoms with Crippen molar-refractivity contribution >= 4 is 44.8 Å². The summed E-state index contributed by atoms with van der Waals surface area (Å²) in [6.45, 7) is 0. The molecule has 0 heterocycles. The number of nitrogens with zero attached hydrogens (tertiary/aromatic N) is 2. The molecule has 0 unspecified atom stereocenters. The second-order valence-electron chi connectivity index (χ2n) is 1.82. The average Bonchev–Trinajstić information content (AvgIpc) is 1.85. The predicted octanol–water partition coefficient (Wildman–Crippen LogP) is 4.24. The van der Waals surface area contributed by atoms with Gasteiger partial charge in [-0.05, 0) is 28.1 Å². The topological polar surface area (TPSA) is 28.1 Å². The van der Waals surface area contributed by atoms with E-state index in [1.807, 2.05) is 0 Å². The van der Waals surface area contributed by atoms with Gasteiger partial charge in [0.25, 0.3) is 0 Å². The van der Waals surface area contributed by atoms with E-state index < -0.39 is 0 Å². The quantitative estimate of drug-likeness (QED) is 0.635. The van der Waals surface area contributed by atoms with E-state index in [4.69, 9.17) is 28.6 Å². The standard InChI is InChI=1S/C6H2BrCl2N2/c7-4-1-3(8)2-5(9)6(4)11-10/h1-2H/q+1. The van der Waals surface area contributed by atoms with Crippen molar-refractivity contribution in [3.8, 4) is 0 Å². The Kier molecular flexibility index (Phi) is 2.72. The molecule has 0 atom stereocenters. The molecular weight excluding hydrogens is 251 g/mol. The molecule has 5 heteroatoms. The van der Waals surface area contributed by atoms with Crippen molar-refractivity contribution in [2.75, 3.05) is 0 Å². The van der Waals surface area contributed by atoms with Crippen molar-refractivity contribution in [3.05, 3.63) is 31.6 Å². The Morgan fingerprint density at radius 1 is 1.36 bits per heavy atom. The Morgan fingerprint density at radius 3 is 2.45 bits per heavy atom. The maximum atomic E-state index is 8.46. The van der Waals surface area contributed by atoms with Gasteiger partial charge in [0.1, 0.15) is 9.50 Å². The summed E-state index contributed by atoms with van der Waals surface area (Å²) in [6.07, 6.45) is 0.